The van der Waals surface area contributed by atoms with E-state index in [9.17, 15) is 4.79 Å². The first-order valence-electron chi connectivity index (χ1n) is 10.5. The van der Waals surface area contributed by atoms with Crippen molar-refractivity contribution in [3.63, 3.8) is 0 Å². The Morgan fingerprint density at radius 1 is 1.28 bits per heavy atom. The second-order valence-corrected chi connectivity index (χ2v) is 9.19. The number of nitrogens with zero attached hydrogens (tertiary/aromatic N) is 3. The lowest BCUT2D eigenvalue weighted by Gasteiger charge is -2.42. The van der Waals surface area contributed by atoms with Crippen LogP contribution in [-0.2, 0) is 16.8 Å². The third-order valence-corrected chi connectivity index (χ3v) is 5.75. The summed E-state index contributed by atoms with van der Waals surface area (Å²) in [6, 6.07) is 9.21. The molecule has 2 aromatic rings. The predicted octanol–water partition coefficient (Wildman–Crippen LogP) is 3.51. The molecule has 0 saturated heterocycles. The quantitative estimate of drug-likeness (QED) is 0.712. The van der Waals surface area contributed by atoms with E-state index in [0.29, 0.717) is 12.1 Å². The van der Waals surface area contributed by atoms with Crippen LogP contribution in [0.5, 0.6) is 0 Å². The second-order valence-electron chi connectivity index (χ2n) is 9.19. The summed E-state index contributed by atoms with van der Waals surface area (Å²) in [6.45, 7) is 12.4. The highest BCUT2D eigenvalue weighted by Gasteiger charge is 2.34. The molecule has 1 saturated carbocycles. The van der Waals surface area contributed by atoms with Crippen molar-refractivity contribution in [2.45, 2.75) is 71.5 Å². The molecule has 1 aromatic carbocycles. The monoisotopic (exact) mass is 398 g/mol. The largest absolute Gasteiger partial charge is 0.480 e. The fraction of sp³-hybridized carbons (Fsp3) is 0.565. The van der Waals surface area contributed by atoms with Gasteiger partial charge in [-0.3, -0.25) is 9.69 Å². The zero-order valence-corrected chi connectivity index (χ0v) is 18.3. The van der Waals surface area contributed by atoms with Gasteiger partial charge in [0.05, 0.1) is 17.9 Å². The number of likely N-dealkylation sites (N-methyl/N-ethyl adjacent to an activating group) is 1. The summed E-state index contributed by atoms with van der Waals surface area (Å²) < 4.78 is 1.98. The summed E-state index contributed by atoms with van der Waals surface area (Å²) in [5.41, 5.74) is 4.61. The van der Waals surface area contributed by atoms with Crippen LogP contribution < -0.4 is 5.32 Å². The fourth-order valence-corrected chi connectivity index (χ4v) is 3.98. The van der Waals surface area contributed by atoms with Crippen LogP contribution >= 0.6 is 0 Å². The van der Waals surface area contributed by atoms with E-state index < -0.39 is 5.97 Å². The standard InChI is InChI=1S/C23H34N4O2/c1-6-26(15-21(28)29)20-11-18(12-20)24-13-17-14-27(25-22(17)23(3,4)5)19-9-7-16(2)8-10-19/h7-10,14,18,20,24H,6,11-13,15H2,1-5H3,(H,28,29). The lowest BCUT2D eigenvalue weighted by atomic mass is 9.84. The number of carbonyl (C=O) groups is 1. The van der Waals surface area contributed by atoms with E-state index in [1.165, 1.54) is 11.1 Å². The highest BCUT2D eigenvalue weighted by Crippen LogP contribution is 2.28. The van der Waals surface area contributed by atoms with Crippen LogP contribution in [0.3, 0.4) is 0 Å². The summed E-state index contributed by atoms with van der Waals surface area (Å²) in [7, 11) is 0. The van der Waals surface area contributed by atoms with E-state index in [2.05, 4.69) is 68.4 Å². The molecule has 0 bridgehead atoms. The molecular formula is C23H34N4O2. The maximum absolute atomic E-state index is 11.0. The van der Waals surface area contributed by atoms with Crippen molar-refractivity contribution in [2.24, 2.45) is 0 Å². The van der Waals surface area contributed by atoms with Gasteiger partial charge in [-0.15, -0.1) is 0 Å². The van der Waals surface area contributed by atoms with Crippen LogP contribution in [0.2, 0.25) is 0 Å². The minimum atomic E-state index is -0.749. The number of benzene rings is 1. The van der Waals surface area contributed by atoms with Gasteiger partial charge in [0.2, 0.25) is 0 Å². The van der Waals surface area contributed by atoms with Crippen LogP contribution in [-0.4, -0.2) is 50.9 Å². The molecule has 6 nitrogen and oxygen atoms in total. The summed E-state index contributed by atoms with van der Waals surface area (Å²) in [5.74, 6) is -0.749. The Bertz CT molecular complexity index is 830. The van der Waals surface area contributed by atoms with Gasteiger partial charge in [0, 0.05) is 35.8 Å². The number of rotatable bonds is 8. The number of hydrogen-bond donors (Lipinski definition) is 2. The topological polar surface area (TPSA) is 70.4 Å². The smallest absolute Gasteiger partial charge is 0.317 e. The molecule has 1 aliphatic rings. The Morgan fingerprint density at radius 2 is 1.93 bits per heavy atom. The predicted molar refractivity (Wildman–Crippen MR) is 116 cm³/mol. The fourth-order valence-electron chi connectivity index (χ4n) is 3.98. The molecule has 158 valence electrons. The van der Waals surface area contributed by atoms with E-state index in [-0.39, 0.29) is 12.0 Å². The second kappa shape index (κ2) is 8.67. The Balaban J connectivity index is 1.65. The van der Waals surface area contributed by atoms with Gasteiger partial charge >= 0.3 is 5.97 Å². The SMILES string of the molecule is CCN(CC(=O)O)C1CC(NCc2cn(-c3ccc(C)cc3)nc2C(C)(C)C)C1. The molecule has 6 heteroatoms. The number of carboxylic acid groups (broad SMARTS) is 1. The van der Waals surface area contributed by atoms with Gasteiger partial charge in [-0.1, -0.05) is 45.4 Å². The maximum Gasteiger partial charge on any atom is 0.317 e. The lowest BCUT2D eigenvalue weighted by molar-refractivity contribution is -0.139. The minimum Gasteiger partial charge on any atom is -0.480 e. The number of carboxylic acids is 1. The molecule has 3 rings (SSSR count). The van der Waals surface area contributed by atoms with Crippen molar-refractivity contribution in [3.05, 3.63) is 47.3 Å². The van der Waals surface area contributed by atoms with Gasteiger partial charge in [-0.25, -0.2) is 4.68 Å². The molecule has 1 fully saturated rings. The summed E-state index contributed by atoms with van der Waals surface area (Å²) in [5, 5.41) is 17.6. The van der Waals surface area contributed by atoms with E-state index in [1.807, 2.05) is 11.6 Å². The molecule has 1 aliphatic carbocycles. The first-order chi connectivity index (χ1) is 13.7. The van der Waals surface area contributed by atoms with Gasteiger partial charge in [-0.2, -0.15) is 5.10 Å². The molecule has 0 aliphatic heterocycles. The van der Waals surface area contributed by atoms with E-state index in [1.54, 1.807) is 0 Å². The molecule has 1 aromatic heterocycles. The molecule has 0 atom stereocenters. The normalized spacial score (nSPS) is 19.4. The van der Waals surface area contributed by atoms with Crippen LogP contribution in [0.4, 0.5) is 0 Å². The molecule has 2 N–H and O–H groups in total. The van der Waals surface area contributed by atoms with Crippen LogP contribution in [0.15, 0.2) is 30.5 Å². The van der Waals surface area contributed by atoms with Gasteiger partial charge in [0.15, 0.2) is 0 Å². The van der Waals surface area contributed by atoms with Crippen molar-refractivity contribution in [1.29, 1.82) is 0 Å². The number of aryl methyl sites for hydroxylation is 1. The number of hydrogen-bond acceptors (Lipinski definition) is 4. The average molecular weight is 399 g/mol. The number of aliphatic carboxylic acids is 1. The van der Waals surface area contributed by atoms with Crippen molar-refractivity contribution in [2.75, 3.05) is 13.1 Å². The Hall–Kier alpha value is -2.18. The zero-order chi connectivity index (χ0) is 21.2. The molecule has 0 unspecified atom stereocenters. The highest BCUT2D eigenvalue weighted by atomic mass is 16.4. The third kappa shape index (κ3) is 5.25. The van der Waals surface area contributed by atoms with Crippen molar-refractivity contribution < 1.29 is 9.90 Å². The van der Waals surface area contributed by atoms with Crippen molar-refractivity contribution in [1.82, 2.24) is 20.0 Å². The molecule has 0 amide bonds. The first kappa shape index (κ1) is 21.5. The zero-order valence-electron chi connectivity index (χ0n) is 18.3. The highest BCUT2D eigenvalue weighted by molar-refractivity contribution is 5.69. The summed E-state index contributed by atoms with van der Waals surface area (Å²) in [4.78, 5) is 13.1. The third-order valence-electron chi connectivity index (χ3n) is 5.75. The van der Waals surface area contributed by atoms with Crippen LogP contribution in [0.1, 0.15) is 57.4 Å². The number of nitrogens with one attached hydrogen (secondary N) is 1. The minimum absolute atomic E-state index is 0.0321. The molecule has 0 radical (unpaired) electrons. The lowest BCUT2D eigenvalue weighted by Crippen LogP contribution is -2.53. The van der Waals surface area contributed by atoms with Crippen LogP contribution in [0.25, 0.3) is 5.69 Å². The Morgan fingerprint density at radius 3 is 2.48 bits per heavy atom. The summed E-state index contributed by atoms with van der Waals surface area (Å²) in [6.07, 6.45) is 4.13. The summed E-state index contributed by atoms with van der Waals surface area (Å²) >= 11 is 0. The van der Waals surface area contributed by atoms with Crippen molar-refractivity contribution in [3.8, 4) is 5.69 Å². The average Bonchev–Trinajstić information content (AvgIpc) is 3.04. The Labute approximate surface area is 173 Å². The van der Waals surface area contributed by atoms with Gasteiger partial charge < -0.3 is 10.4 Å². The Kier molecular flexibility index (Phi) is 6.44. The molecular weight excluding hydrogens is 364 g/mol. The van der Waals surface area contributed by atoms with Crippen molar-refractivity contribution >= 4 is 5.97 Å². The van der Waals surface area contributed by atoms with E-state index in [0.717, 1.165) is 37.3 Å². The van der Waals surface area contributed by atoms with Crippen LogP contribution in [0, 0.1) is 6.92 Å². The first-order valence-corrected chi connectivity index (χ1v) is 10.5. The van der Waals surface area contributed by atoms with Gasteiger partial charge in [0.25, 0.3) is 0 Å². The molecule has 1 heterocycles. The maximum atomic E-state index is 11.0. The van der Waals surface area contributed by atoms with E-state index >= 15 is 0 Å². The number of aromatic nitrogens is 2. The van der Waals surface area contributed by atoms with Gasteiger partial charge in [0.1, 0.15) is 0 Å². The molecule has 0 spiro atoms. The van der Waals surface area contributed by atoms with Gasteiger partial charge in [-0.05, 0) is 38.4 Å². The van der Waals surface area contributed by atoms with E-state index in [4.69, 9.17) is 10.2 Å². The molecule has 29 heavy (non-hydrogen) atoms.